The van der Waals surface area contributed by atoms with E-state index >= 15 is 0 Å². The number of aliphatic imine (C=N–C) groups is 1. The van der Waals surface area contributed by atoms with Gasteiger partial charge in [-0.2, -0.15) is 13.2 Å². The Morgan fingerprint density at radius 2 is 1.97 bits per heavy atom. The molecular formula is C22H33F3N4O2. The number of anilines is 1. The normalized spacial score (nSPS) is 19.1. The highest BCUT2D eigenvalue weighted by Crippen LogP contribution is 2.43. The molecule has 0 bridgehead atoms. The predicted molar refractivity (Wildman–Crippen MR) is 115 cm³/mol. The highest BCUT2D eigenvalue weighted by atomic mass is 19.4. The smallest absolute Gasteiger partial charge is 0.385 e. The molecule has 0 aromatic heterocycles. The number of methoxy groups -OCH3 is 1. The van der Waals surface area contributed by atoms with Gasteiger partial charge in [0.05, 0.1) is 18.8 Å². The van der Waals surface area contributed by atoms with E-state index in [0.29, 0.717) is 44.6 Å². The van der Waals surface area contributed by atoms with Crippen molar-refractivity contribution in [2.75, 3.05) is 58.5 Å². The third kappa shape index (κ3) is 6.26. The van der Waals surface area contributed by atoms with E-state index in [1.54, 1.807) is 26.3 Å². The summed E-state index contributed by atoms with van der Waals surface area (Å²) in [6.07, 6.45) is -0.00780. The summed E-state index contributed by atoms with van der Waals surface area (Å²) in [7, 11) is 3.33. The molecule has 0 radical (unpaired) electrons. The molecule has 0 spiro atoms. The molecule has 1 heterocycles. The number of morpholine rings is 1. The van der Waals surface area contributed by atoms with Crippen molar-refractivity contribution in [1.29, 1.82) is 0 Å². The molecule has 31 heavy (non-hydrogen) atoms. The van der Waals surface area contributed by atoms with Crippen molar-refractivity contribution in [3.8, 4) is 0 Å². The number of hydrogen-bond acceptors (Lipinski definition) is 4. The predicted octanol–water partition coefficient (Wildman–Crippen LogP) is 3.41. The molecule has 1 aromatic rings. The molecule has 0 atom stereocenters. The number of ether oxygens (including phenoxy) is 2. The van der Waals surface area contributed by atoms with Crippen LogP contribution in [0.1, 0.15) is 36.8 Å². The summed E-state index contributed by atoms with van der Waals surface area (Å²) in [5, 5.41) is 6.34. The molecule has 1 aliphatic heterocycles. The molecule has 1 aromatic carbocycles. The summed E-state index contributed by atoms with van der Waals surface area (Å²) < 4.78 is 51.8. The lowest BCUT2D eigenvalue weighted by Crippen LogP contribution is -2.46. The standard InChI is InChI=1S/C22H33F3N4O2/c1-26-20(28-16-21(6-3-7-21)8-11-30-2)27-15-17-4-5-18(14-19(17)22(23,24)25)29-9-12-31-13-10-29/h4-5,14H,3,6-13,15-16H2,1-2H3,(H2,26,27,28). The van der Waals surface area contributed by atoms with Crippen LogP contribution >= 0.6 is 0 Å². The molecular weight excluding hydrogens is 409 g/mol. The van der Waals surface area contributed by atoms with Gasteiger partial charge in [0.15, 0.2) is 5.96 Å². The Balaban J connectivity index is 1.63. The van der Waals surface area contributed by atoms with Crippen molar-refractivity contribution in [3.05, 3.63) is 29.3 Å². The van der Waals surface area contributed by atoms with Crippen LogP contribution in [0.5, 0.6) is 0 Å². The second kappa shape index (κ2) is 10.5. The zero-order valence-corrected chi connectivity index (χ0v) is 18.4. The van der Waals surface area contributed by atoms with Gasteiger partial charge in [-0.05, 0) is 42.4 Å². The summed E-state index contributed by atoms with van der Waals surface area (Å²) in [4.78, 5) is 6.11. The Morgan fingerprint density at radius 1 is 1.23 bits per heavy atom. The van der Waals surface area contributed by atoms with Crippen LogP contribution in [0.15, 0.2) is 23.2 Å². The van der Waals surface area contributed by atoms with Gasteiger partial charge in [-0.1, -0.05) is 12.5 Å². The molecule has 174 valence electrons. The SMILES string of the molecule is CN=C(NCc1ccc(N2CCOCC2)cc1C(F)(F)F)NCC1(CCOC)CCC1. The minimum absolute atomic E-state index is 0.0446. The maximum Gasteiger partial charge on any atom is 0.416 e. The first-order chi connectivity index (χ1) is 14.9. The zero-order chi connectivity index (χ0) is 22.3. The monoisotopic (exact) mass is 442 g/mol. The van der Waals surface area contributed by atoms with Crippen molar-refractivity contribution in [2.24, 2.45) is 10.4 Å². The fraction of sp³-hybridized carbons (Fsp3) is 0.682. The molecule has 2 fully saturated rings. The van der Waals surface area contributed by atoms with Crippen molar-refractivity contribution in [2.45, 2.75) is 38.4 Å². The lowest BCUT2D eigenvalue weighted by Gasteiger charge is -2.42. The minimum Gasteiger partial charge on any atom is -0.385 e. The van der Waals surface area contributed by atoms with Crippen molar-refractivity contribution in [1.82, 2.24) is 10.6 Å². The van der Waals surface area contributed by atoms with Crippen LogP contribution in [0, 0.1) is 5.41 Å². The maximum absolute atomic E-state index is 13.7. The van der Waals surface area contributed by atoms with Gasteiger partial charge in [-0.15, -0.1) is 0 Å². The number of benzene rings is 1. The molecule has 9 heteroatoms. The molecule has 0 unspecified atom stereocenters. The molecule has 2 N–H and O–H groups in total. The fourth-order valence-electron chi connectivity index (χ4n) is 4.18. The van der Waals surface area contributed by atoms with E-state index in [2.05, 4.69) is 15.6 Å². The summed E-state index contributed by atoms with van der Waals surface area (Å²) in [5.41, 5.74) is 0.344. The van der Waals surface area contributed by atoms with Gasteiger partial charge in [-0.25, -0.2) is 0 Å². The molecule has 3 rings (SSSR count). The highest BCUT2D eigenvalue weighted by Gasteiger charge is 2.37. The number of alkyl halides is 3. The Kier molecular flexibility index (Phi) is 8.05. The number of nitrogens with zero attached hydrogens (tertiary/aromatic N) is 2. The first kappa shape index (κ1) is 23.7. The summed E-state index contributed by atoms with van der Waals surface area (Å²) >= 11 is 0. The van der Waals surface area contributed by atoms with E-state index in [4.69, 9.17) is 9.47 Å². The third-order valence-corrected chi connectivity index (χ3v) is 6.33. The quantitative estimate of drug-likeness (QED) is 0.477. The van der Waals surface area contributed by atoms with Crippen molar-refractivity contribution < 1.29 is 22.6 Å². The Bertz CT molecular complexity index is 745. The van der Waals surface area contributed by atoms with Gasteiger partial charge >= 0.3 is 6.18 Å². The van der Waals surface area contributed by atoms with Crippen molar-refractivity contribution >= 4 is 11.6 Å². The zero-order valence-electron chi connectivity index (χ0n) is 18.4. The van der Waals surface area contributed by atoms with E-state index in [1.807, 2.05) is 4.90 Å². The molecule has 2 aliphatic rings. The van der Waals surface area contributed by atoms with E-state index < -0.39 is 11.7 Å². The van der Waals surface area contributed by atoms with Gasteiger partial charge in [0.25, 0.3) is 0 Å². The molecule has 1 saturated heterocycles. The van der Waals surface area contributed by atoms with Crippen LogP contribution in [0.4, 0.5) is 18.9 Å². The largest absolute Gasteiger partial charge is 0.416 e. The van der Waals surface area contributed by atoms with Crippen LogP contribution in [0.3, 0.4) is 0 Å². The van der Waals surface area contributed by atoms with Crippen LogP contribution in [0.25, 0.3) is 0 Å². The molecule has 6 nitrogen and oxygen atoms in total. The van der Waals surface area contributed by atoms with Gasteiger partial charge in [-0.3, -0.25) is 4.99 Å². The van der Waals surface area contributed by atoms with E-state index in [1.165, 1.54) is 12.5 Å². The average molecular weight is 443 g/mol. The van der Waals surface area contributed by atoms with Gasteiger partial charge in [0.1, 0.15) is 0 Å². The molecule has 0 amide bonds. The number of nitrogens with one attached hydrogen (secondary N) is 2. The van der Waals surface area contributed by atoms with Gasteiger partial charge in [0.2, 0.25) is 0 Å². The Hall–Kier alpha value is -2.00. The topological polar surface area (TPSA) is 58.1 Å². The van der Waals surface area contributed by atoms with Crippen molar-refractivity contribution in [3.63, 3.8) is 0 Å². The highest BCUT2D eigenvalue weighted by molar-refractivity contribution is 5.79. The first-order valence-electron chi connectivity index (χ1n) is 10.8. The average Bonchev–Trinajstić information content (AvgIpc) is 2.74. The molecule has 1 aliphatic carbocycles. The number of hydrogen-bond donors (Lipinski definition) is 2. The second-order valence-corrected chi connectivity index (χ2v) is 8.31. The van der Waals surface area contributed by atoms with E-state index in [9.17, 15) is 13.2 Å². The number of halogens is 3. The van der Waals surface area contributed by atoms with Gasteiger partial charge in [0, 0.05) is 52.6 Å². The summed E-state index contributed by atoms with van der Waals surface area (Å²) in [6, 6.07) is 4.55. The lowest BCUT2D eigenvalue weighted by molar-refractivity contribution is -0.138. The Morgan fingerprint density at radius 3 is 2.55 bits per heavy atom. The summed E-state index contributed by atoms with van der Waals surface area (Å²) in [5.74, 6) is 0.508. The molecule has 1 saturated carbocycles. The van der Waals surface area contributed by atoms with E-state index in [-0.39, 0.29) is 17.5 Å². The minimum atomic E-state index is -4.42. The number of guanidine groups is 1. The maximum atomic E-state index is 13.7. The van der Waals surface area contributed by atoms with Crippen LogP contribution < -0.4 is 15.5 Å². The van der Waals surface area contributed by atoms with Crippen LogP contribution in [0.2, 0.25) is 0 Å². The van der Waals surface area contributed by atoms with E-state index in [0.717, 1.165) is 25.8 Å². The summed E-state index contributed by atoms with van der Waals surface area (Å²) in [6.45, 7) is 3.73. The van der Waals surface area contributed by atoms with Gasteiger partial charge < -0.3 is 25.0 Å². The number of rotatable bonds is 8. The lowest BCUT2D eigenvalue weighted by atomic mass is 9.67. The third-order valence-electron chi connectivity index (χ3n) is 6.33. The van der Waals surface area contributed by atoms with Crippen LogP contribution in [-0.2, 0) is 22.2 Å². The Labute approximate surface area is 182 Å². The second-order valence-electron chi connectivity index (χ2n) is 8.31. The van der Waals surface area contributed by atoms with Crippen LogP contribution in [-0.4, -0.2) is 59.6 Å². The first-order valence-corrected chi connectivity index (χ1v) is 10.8. The fourth-order valence-corrected chi connectivity index (χ4v) is 4.18.